The number of carbonyl (C=O) groups excluding carboxylic acids is 1. The van der Waals surface area contributed by atoms with Crippen molar-refractivity contribution >= 4 is 35.1 Å². The van der Waals surface area contributed by atoms with Crippen molar-refractivity contribution in [3.05, 3.63) is 63.1 Å². The van der Waals surface area contributed by atoms with E-state index in [9.17, 15) is 15.2 Å². The zero-order valence-electron chi connectivity index (χ0n) is 12.7. The van der Waals surface area contributed by atoms with Crippen molar-refractivity contribution in [2.24, 2.45) is 0 Å². The first-order chi connectivity index (χ1) is 11.5. The smallest absolute Gasteiger partial charge is 0.203 e. The molecule has 0 saturated heterocycles. The summed E-state index contributed by atoms with van der Waals surface area (Å²) in [7, 11) is 0. The fourth-order valence-corrected chi connectivity index (χ4v) is 2.36. The Morgan fingerprint density at radius 2 is 1.96 bits per heavy atom. The number of nitrogens with zero attached hydrogens (tertiary/aromatic N) is 1. The summed E-state index contributed by atoms with van der Waals surface area (Å²) in [6.07, 6.45) is 1.39. The number of Topliss-reactive ketones (excluding diaryl/α,β-unsaturated/α-hetero) is 1. The third kappa shape index (κ3) is 4.08. The first-order valence-electron chi connectivity index (χ1n) is 7.03. The highest BCUT2D eigenvalue weighted by atomic mass is 35.5. The molecule has 0 aromatic heterocycles. The minimum atomic E-state index is -0.434. The van der Waals surface area contributed by atoms with E-state index >= 15 is 0 Å². The number of nitriles is 1. The van der Waals surface area contributed by atoms with Gasteiger partial charge in [-0.1, -0.05) is 23.2 Å². The Morgan fingerprint density at radius 1 is 1.29 bits per heavy atom. The van der Waals surface area contributed by atoms with Gasteiger partial charge in [0.15, 0.2) is 11.5 Å². The second kappa shape index (κ2) is 7.87. The molecule has 4 nitrogen and oxygen atoms in total. The van der Waals surface area contributed by atoms with Gasteiger partial charge >= 0.3 is 0 Å². The van der Waals surface area contributed by atoms with Gasteiger partial charge < -0.3 is 9.84 Å². The molecule has 0 aliphatic heterocycles. The lowest BCUT2D eigenvalue weighted by atomic mass is 10.0. The minimum absolute atomic E-state index is 0.0680. The molecule has 6 heteroatoms. The highest BCUT2D eigenvalue weighted by Gasteiger charge is 2.14. The topological polar surface area (TPSA) is 70.3 Å². The van der Waals surface area contributed by atoms with E-state index in [2.05, 4.69) is 0 Å². The van der Waals surface area contributed by atoms with Crippen LogP contribution in [0.2, 0.25) is 10.0 Å². The van der Waals surface area contributed by atoms with Gasteiger partial charge in [-0.15, -0.1) is 0 Å². The normalized spacial score (nSPS) is 11.0. The molecule has 0 aliphatic rings. The first-order valence-corrected chi connectivity index (χ1v) is 7.79. The molecule has 0 aliphatic carbocycles. The molecule has 0 unspecified atom stereocenters. The van der Waals surface area contributed by atoms with Crippen LogP contribution in [0.3, 0.4) is 0 Å². The van der Waals surface area contributed by atoms with Gasteiger partial charge in [-0.25, -0.2) is 0 Å². The van der Waals surface area contributed by atoms with E-state index in [0.29, 0.717) is 22.8 Å². The van der Waals surface area contributed by atoms with Gasteiger partial charge in [-0.3, -0.25) is 4.79 Å². The fraction of sp³-hybridized carbons (Fsp3) is 0.111. The van der Waals surface area contributed by atoms with Crippen LogP contribution in [0.4, 0.5) is 0 Å². The van der Waals surface area contributed by atoms with Crippen molar-refractivity contribution in [1.82, 2.24) is 0 Å². The van der Waals surface area contributed by atoms with Crippen LogP contribution in [0, 0.1) is 11.3 Å². The van der Waals surface area contributed by atoms with Crippen molar-refractivity contribution in [3.8, 4) is 17.6 Å². The second-order valence-electron chi connectivity index (χ2n) is 4.79. The van der Waals surface area contributed by atoms with Crippen molar-refractivity contribution in [3.63, 3.8) is 0 Å². The van der Waals surface area contributed by atoms with Crippen LogP contribution in [0.1, 0.15) is 22.8 Å². The van der Waals surface area contributed by atoms with Crippen LogP contribution in [-0.4, -0.2) is 17.5 Å². The number of aromatic hydroxyl groups is 1. The average molecular weight is 362 g/mol. The Balaban J connectivity index is 2.42. The van der Waals surface area contributed by atoms with Crippen LogP contribution in [0.5, 0.6) is 11.5 Å². The highest BCUT2D eigenvalue weighted by molar-refractivity contribution is 6.32. The molecule has 0 atom stereocenters. The lowest BCUT2D eigenvalue weighted by Crippen LogP contribution is -2.01. The number of ketones is 1. The molecule has 0 amide bonds. The molecule has 0 heterocycles. The maximum atomic E-state index is 12.4. The summed E-state index contributed by atoms with van der Waals surface area (Å²) >= 11 is 11.7. The molecular weight excluding hydrogens is 349 g/mol. The molecule has 2 aromatic carbocycles. The maximum Gasteiger partial charge on any atom is 0.203 e. The SMILES string of the molecule is CCOc1cc(/C=C(\C#N)C(=O)c2ccc(Cl)cc2)cc(Cl)c1O. The Kier molecular flexibility index (Phi) is 5.86. The van der Waals surface area contributed by atoms with E-state index in [-0.39, 0.29) is 22.1 Å². The van der Waals surface area contributed by atoms with Gasteiger partial charge in [0.25, 0.3) is 0 Å². The number of rotatable bonds is 5. The largest absolute Gasteiger partial charge is 0.503 e. The predicted octanol–water partition coefficient (Wildman–Crippen LogP) is 4.89. The molecule has 0 bridgehead atoms. The van der Waals surface area contributed by atoms with E-state index in [4.69, 9.17) is 27.9 Å². The molecular formula is C18H13Cl2NO3. The van der Waals surface area contributed by atoms with Gasteiger partial charge in [0.2, 0.25) is 5.78 Å². The van der Waals surface area contributed by atoms with E-state index < -0.39 is 5.78 Å². The Hall–Kier alpha value is -2.48. The Labute approximate surface area is 149 Å². The molecule has 0 fully saturated rings. The number of benzene rings is 2. The molecule has 1 N–H and O–H groups in total. The molecule has 122 valence electrons. The standard InChI is InChI=1S/C18H13Cl2NO3/c1-2-24-16-9-11(8-15(20)18(16)23)7-13(10-21)17(22)12-3-5-14(19)6-4-12/h3-9,23H,2H2,1H3/b13-7+. The summed E-state index contributed by atoms with van der Waals surface area (Å²) in [5.41, 5.74) is 0.753. The zero-order valence-corrected chi connectivity index (χ0v) is 14.2. The number of ether oxygens (including phenoxy) is 1. The van der Waals surface area contributed by atoms with Crippen molar-refractivity contribution in [1.29, 1.82) is 5.26 Å². The van der Waals surface area contributed by atoms with Crippen LogP contribution in [-0.2, 0) is 0 Å². The molecule has 24 heavy (non-hydrogen) atoms. The summed E-state index contributed by atoms with van der Waals surface area (Å²) in [5.74, 6) is -0.429. The predicted molar refractivity (Wildman–Crippen MR) is 93.7 cm³/mol. The van der Waals surface area contributed by atoms with Crippen LogP contribution in [0.15, 0.2) is 42.0 Å². The average Bonchev–Trinajstić information content (AvgIpc) is 2.57. The molecule has 0 radical (unpaired) electrons. The molecule has 2 aromatic rings. The van der Waals surface area contributed by atoms with Gasteiger partial charge in [0.1, 0.15) is 11.6 Å². The van der Waals surface area contributed by atoms with Crippen LogP contribution < -0.4 is 4.74 Å². The number of carbonyl (C=O) groups is 1. The number of halogens is 2. The van der Waals surface area contributed by atoms with Gasteiger partial charge in [0, 0.05) is 10.6 Å². The van der Waals surface area contributed by atoms with Crippen LogP contribution in [0.25, 0.3) is 6.08 Å². The van der Waals surface area contributed by atoms with Gasteiger partial charge in [-0.05, 0) is 55.0 Å². The number of phenols is 1. The third-order valence-corrected chi connectivity index (χ3v) is 3.67. The van der Waals surface area contributed by atoms with Crippen molar-refractivity contribution < 1.29 is 14.6 Å². The number of allylic oxidation sites excluding steroid dienone is 1. The summed E-state index contributed by atoms with van der Waals surface area (Å²) in [6.45, 7) is 2.10. The first kappa shape index (κ1) is 17.9. The van der Waals surface area contributed by atoms with Gasteiger partial charge in [-0.2, -0.15) is 5.26 Å². The van der Waals surface area contributed by atoms with Crippen molar-refractivity contribution in [2.45, 2.75) is 6.92 Å². The molecule has 2 rings (SSSR count). The van der Waals surface area contributed by atoms with Gasteiger partial charge in [0.05, 0.1) is 11.6 Å². The van der Waals surface area contributed by atoms with E-state index in [1.807, 2.05) is 6.07 Å². The zero-order chi connectivity index (χ0) is 17.7. The highest BCUT2D eigenvalue weighted by Crippen LogP contribution is 2.36. The third-order valence-electron chi connectivity index (χ3n) is 3.13. The number of hydrogen-bond acceptors (Lipinski definition) is 4. The maximum absolute atomic E-state index is 12.4. The fourth-order valence-electron chi connectivity index (χ4n) is 2.01. The van der Waals surface area contributed by atoms with Crippen molar-refractivity contribution in [2.75, 3.05) is 6.61 Å². The minimum Gasteiger partial charge on any atom is -0.503 e. The monoisotopic (exact) mass is 361 g/mol. The second-order valence-corrected chi connectivity index (χ2v) is 5.63. The summed E-state index contributed by atoms with van der Waals surface area (Å²) in [4.78, 5) is 12.4. The number of hydrogen-bond donors (Lipinski definition) is 1. The lowest BCUT2D eigenvalue weighted by molar-refractivity contribution is 0.104. The summed E-state index contributed by atoms with van der Waals surface area (Å²) < 4.78 is 5.29. The lowest BCUT2D eigenvalue weighted by Gasteiger charge is -2.08. The van der Waals surface area contributed by atoms with E-state index in [0.717, 1.165) is 0 Å². The summed E-state index contributed by atoms with van der Waals surface area (Å²) in [6, 6.07) is 11.1. The Morgan fingerprint density at radius 3 is 2.54 bits per heavy atom. The quantitative estimate of drug-likeness (QED) is 0.467. The Bertz CT molecular complexity index is 837. The van der Waals surface area contributed by atoms with E-state index in [1.165, 1.54) is 18.2 Å². The summed E-state index contributed by atoms with van der Waals surface area (Å²) in [5, 5.41) is 19.7. The number of phenolic OH excluding ortho intramolecular Hbond substituents is 1. The molecule has 0 saturated carbocycles. The van der Waals surface area contributed by atoms with E-state index in [1.54, 1.807) is 31.2 Å². The van der Waals surface area contributed by atoms with Crippen LogP contribution >= 0.6 is 23.2 Å². The molecule has 0 spiro atoms.